The third-order valence-corrected chi connectivity index (χ3v) is 4.18. The fourth-order valence-electron chi connectivity index (χ4n) is 3.08. The molecule has 1 aromatic heterocycles. The zero-order valence-electron chi connectivity index (χ0n) is 14.5. The van der Waals surface area contributed by atoms with E-state index in [-0.39, 0.29) is 0 Å². The molecule has 3 heteroatoms. The Morgan fingerprint density at radius 3 is 2.20 bits per heavy atom. The SMILES string of the molecule is CCn1c(C)cc(CNCCN(C(C)C)C(C)C)c1C. The summed E-state index contributed by atoms with van der Waals surface area (Å²) < 4.78 is 2.38. The van der Waals surface area contributed by atoms with Crippen molar-refractivity contribution in [1.82, 2.24) is 14.8 Å². The number of hydrogen-bond acceptors (Lipinski definition) is 2. The number of nitrogens with zero attached hydrogens (tertiary/aromatic N) is 2. The Labute approximate surface area is 125 Å². The Morgan fingerprint density at radius 2 is 1.75 bits per heavy atom. The minimum atomic E-state index is 0.613. The molecule has 0 saturated carbocycles. The van der Waals surface area contributed by atoms with Gasteiger partial charge in [0.05, 0.1) is 0 Å². The van der Waals surface area contributed by atoms with Crippen LogP contribution >= 0.6 is 0 Å². The molecule has 1 N–H and O–H groups in total. The summed E-state index contributed by atoms with van der Waals surface area (Å²) in [6.45, 7) is 19.9. The molecule has 0 saturated heterocycles. The zero-order chi connectivity index (χ0) is 15.3. The third-order valence-electron chi connectivity index (χ3n) is 4.18. The van der Waals surface area contributed by atoms with E-state index in [1.165, 1.54) is 17.0 Å². The first-order valence-corrected chi connectivity index (χ1v) is 8.00. The third kappa shape index (κ3) is 4.35. The number of hydrogen-bond donors (Lipinski definition) is 1. The van der Waals surface area contributed by atoms with Gasteiger partial charge in [-0.2, -0.15) is 0 Å². The average molecular weight is 279 g/mol. The van der Waals surface area contributed by atoms with Crippen LogP contribution in [0, 0.1) is 13.8 Å². The Bertz CT molecular complexity index is 397. The Kier molecular flexibility index (Phi) is 6.77. The molecule has 0 unspecified atom stereocenters. The van der Waals surface area contributed by atoms with Gasteiger partial charge < -0.3 is 9.88 Å². The molecule has 0 spiro atoms. The van der Waals surface area contributed by atoms with Crippen molar-refractivity contribution in [3.63, 3.8) is 0 Å². The molecule has 1 rings (SSSR count). The zero-order valence-corrected chi connectivity index (χ0v) is 14.5. The molecule has 0 fully saturated rings. The second-order valence-electron chi connectivity index (χ2n) is 6.24. The number of aryl methyl sites for hydroxylation is 1. The smallest absolute Gasteiger partial charge is 0.0223 e. The van der Waals surface area contributed by atoms with Crippen LogP contribution in [0.5, 0.6) is 0 Å². The molecule has 0 atom stereocenters. The minimum absolute atomic E-state index is 0.613. The average Bonchev–Trinajstić information content (AvgIpc) is 2.62. The van der Waals surface area contributed by atoms with Crippen molar-refractivity contribution in [2.45, 2.75) is 73.6 Å². The Hall–Kier alpha value is -0.800. The molecule has 1 heterocycles. The van der Waals surface area contributed by atoms with Crippen molar-refractivity contribution in [2.75, 3.05) is 13.1 Å². The Balaban J connectivity index is 2.45. The summed E-state index contributed by atoms with van der Waals surface area (Å²) in [7, 11) is 0. The lowest BCUT2D eigenvalue weighted by atomic mass is 10.2. The summed E-state index contributed by atoms with van der Waals surface area (Å²) in [6.07, 6.45) is 0. The molecule has 0 aliphatic carbocycles. The molecular weight excluding hydrogens is 246 g/mol. The highest BCUT2D eigenvalue weighted by Gasteiger charge is 2.12. The van der Waals surface area contributed by atoms with E-state index in [2.05, 4.69) is 69.3 Å². The first kappa shape index (κ1) is 17.3. The molecular formula is C17H33N3. The molecule has 0 bridgehead atoms. The van der Waals surface area contributed by atoms with Gasteiger partial charge in [0.25, 0.3) is 0 Å². The van der Waals surface area contributed by atoms with Crippen LogP contribution in [0.25, 0.3) is 0 Å². The van der Waals surface area contributed by atoms with E-state index in [0.717, 1.165) is 26.2 Å². The fraction of sp³-hybridized carbons (Fsp3) is 0.765. The van der Waals surface area contributed by atoms with E-state index in [9.17, 15) is 0 Å². The van der Waals surface area contributed by atoms with E-state index >= 15 is 0 Å². The lowest BCUT2D eigenvalue weighted by molar-refractivity contribution is 0.176. The van der Waals surface area contributed by atoms with Crippen LogP contribution in [0.1, 0.15) is 51.6 Å². The summed E-state index contributed by atoms with van der Waals surface area (Å²) in [5.41, 5.74) is 4.21. The fourth-order valence-corrected chi connectivity index (χ4v) is 3.08. The van der Waals surface area contributed by atoms with Gasteiger partial charge in [-0.15, -0.1) is 0 Å². The van der Waals surface area contributed by atoms with Crippen molar-refractivity contribution in [3.05, 3.63) is 23.0 Å². The van der Waals surface area contributed by atoms with Crippen LogP contribution < -0.4 is 5.32 Å². The van der Waals surface area contributed by atoms with Crippen LogP contribution in [0.3, 0.4) is 0 Å². The highest BCUT2D eigenvalue weighted by Crippen LogP contribution is 2.14. The van der Waals surface area contributed by atoms with Gasteiger partial charge in [-0.3, -0.25) is 4.90 Å². The van der Waals surface area contributed by atoms with E-state index in [1.54, 1.807) is 0 Å². The molecule has 0 aromatic carbocycles. The normalized spacial score (nSPS) is 12.1. The van der Waals surface area contributed by atoms with Crippen molar-refractivity contribution in [3.8, 4) is 0 Å². The second-order valence-corrected chi connectivity index (χ2v) is 6.24. The first-order valence-electron chi connectivity index (χ1n) is 8.00. The van der Waals surface area contributed by atoms with Crippen LogP contribution in [0.2, 0.25) is 0 Å². The summed E-state index contributed by atoms with van der Waals surface area (Å²) in [5, 5.41) is 3.59. The van der Waals surface area contributed by atoms with Gasteiger partial charge in [-0.1, -0.05) is 0 Å². The molecule has 20 heavy (non-hydrogen) atoms. The number of aromatic nitrogens is 1. The topological polar surface area (TPSA) is 20.2 Å². The predicted octanol–water partition coefficient (Wildman–Crippen LogP) is 3.33. The van der Waals surface area contributed by atoms with Gasteiger partial charge >= 0.3 is 0 Å². The van der Waals surface area contributed by atoms with Gasteiger partial charge in [0.1, 0.15) is 0 Å². The quantitative estimate of drug-likeness (QED) is 0.737. The molecule has 3 nitrogen and oxygen atoms in total. The van der Waals surface area contributed by atoms with Gasteiger partial charge in [-0.05, 0) is 60.1 Å². The first-order chi connectivity index (χ1) is 9.38. The maximum Gasteiger partial charge on any atom is 0.0223 e. The molecule has 0 radical (unpaired) electrons. The lowest BCUT2D eigenvalue weighted by Gasteiger charge is -2.30. The largest absolute Gasteiger partial charge is 0.349 e. The highest BCUT2D eigenvalue weighted by atomic mass is 15.2. The van der Waals surface area contributed by atoms with Gasteiger partial charge in [0.15, 0.2) is 0 Å². The van der Waals surface area contributed by atoms with Crippen LogP contribution in [-0.2, 0) is 13.1 Å². The van der Waals surface area contributed by atoms with Crippen molar-refractivity contribution in [2.24, 2.45) is 0 Å². The molecule has 1 aromatic rings. The summed E-state index contributed by atoms with van der Waals surface area (Å²) in [6, 6.07) is 3.54. The Morgan fingerprint density at radius 1 is 1.15 bits per heavy atom. The van der Waals surface area contributed by atoms with Crippen LogP contribution in [-0.4, -0.2) is 34.6 Å². The van der Waals surface area contributed by atoms with Crippen molar-refractivity contribution < 1.29 is 0 Å². The van der Waals surface area contributed by atoms with Crippen molar-refractivity contribution in [1.29, 1.82) is 0 Å². The van der Waals surface area contributed by atoms with Gasteiger partial charge in [-0.25, -0.2) is 0 Å². The summed E-state index contributed by atoms with van der Waals surface area (Å²) in [5.74, 6) is 0. The van der Waals surface area contributed by atoms with Crippen LogP contribution in [0.4, 0.5) is 0 Å². The summed E-state index contributed by atoms with van der Waals surface area (Å²) in [4.78, 5) is 2.53. The number of nitrogens with one attached hydrogen (secondary N) is 1. The van der Waals surface area contributed by atoms with Crippen LogP contribution in [0.15, 0.2) is 6.07 Å². The maximum absolute atomic E-state index is 3.59. The van der Waals surface area contributed by atoms with Gasteiger partial charge in [0, 0.05) is 49.7 Å². The highest BCUT2D eigenvalue weighted by molar-refractivity contribution is 5.26. The van der Waals surface area contributed by atoms with Crippen molar-refractivity contribution >= 4 is 0 Å². The van der Waals surface area contributed by atoms with E-state index in [0.29, 0.717) is 12.1 Å². The molecule has 0 aliphatic rings. The van der Waals surface area contributed by atoms with E-state index in [1.807, 2.05) is 0 Å². The molecule has 116 valence electrons. The predicted molar refractivity (Wildman–Crippen MR) is 88.3 cm³/mol. The number of rotatable bonds is 8. The van der Waals surface area contributed by atoms with E-state index < -0.39 is 0 Å². The standard InChI is InChI=1S/C17H33N3/c1-8-19-15(6)11-17(16(19)7)12-18-9-10-20(13(2)3)14(4)5/h11,13-14,18H,8-10,12H2,1-7H3. The molecule has 0 aliphatic heterocycles. The lowest BCUT2D eigenvalue weighted by Crippen LogP contribution is -2.41. The van der Waals surface area contributed by atoms with Gasteiger partial charge in [0.2, 0.25) is 0 Å². The second kappa shape index (κ2) is 7.84. The molecule has 0 amide bonds. The minimum Gasteiger partial charge on any atom is -0.349 e. The maximum atomic E-state index is 3.59. The summed E-state index contributed by atoms with van der Waals surface area (Å²) >= 11 is 0. The van der Waals surface area contributed by atoms with E-state index in [4.69, 9.17) is 0 Å². The monoisotopic (exact) mass is 279 g/mol.